The summed E-state index contributed by atoms with van der Waals surface area (Å²) in [6.45, 7) is 30.2. The predicted octanol–water partition coefficient (Wildman–Crippen LogP) is 4.98. The van der Waals surface area contributed by atoms with Crippen molar-refractivity contribution in [3.05, 3.63) is 35.9 Å². The molecule has 12 amide bonds. The van der Waals surface area contributed by atoms with Crippen molar-refractivity contribution in [2.75, 3.05) is 61.9 Å². The lowest BCUT2D eigenvalue weighted by Crippen LogP contribution is -2.63. The Morgan fingerprint density at radius 1 is 0.422 bits per heavy atom. The molecule has 4 fully saturated rings. The number of hydrogen-bond donors (Lipinski definition) is 3. The number of amides is 12. The Morgan fingerprint density at radius 2 is 0.833 bits per heavy atom. The fraction of sp³-hybridized carbons (Fsp3) is 0.750. The highest BCUT2D eigenvalue weighted by Gasteiger charge is 2.50. The molecule has 0 aliphatic carbocycles. The predicted molar refractivity (Wildman–Crippen MR) is 388 cm³/mol. The van der Waals surface area contributed by atoms with Crippen LogP contribution >= 0.6 is 0 Å². The molecule has 4 saturated heterocycles. The summed E-state index contributed by atoms with van der Waals surface area (Å²) in [7, 11) is 8.86. The van der Waals surface area contributed by atoms with Crippen LogP contribution in [-0.4, -0.2) is 261 Å². The van der Waals surface area contributed by atoms with Gasteiger partial charge in [-0.15, -0.1) is 0 Å². The van der Waals surface area contributed by atoms with E-state index < -0.39 is 203 Å². The van der Waals surface area contributed by atoms with Crippen LogP contribution in [0.1, 0.15) is 181 Å². The van der Waals surface area contributed by atoms with Gasteiger partial charge < -0.3 is 64.8 Å². The van der Waals surface area contributed by atoms with Crippen molar-refractivity contribution in [2.45, 2.75) is 261 Å². The van der Waals surface area contributed by atoms with Gasteiger partial charge in [-0.1, -0.05) is 147 Å². The summed E-state index contributed by atoms with van der Waals surface area (Å²) in [5.74, 6) is -12.4. The monoisotopic (exact) mass is 1430 g/mol. The van der Waals surface area contributed by atoms with Gasteiger partial charge in [-0.3, -0.25) is 62.3 Å². The number of benzene rings is 1. The molecular weight excluding hydrogens is 1300 g/mol. The van der Waals surface area contributed by atoms with Crippen LogP contribution in [0.2, 0.25) is 0 Å². The topological polar surface area (TPSA) is 296 Å². The molecule has 0 radical (unpaired) electrons. The third-order valence-electron chi connectivity index (χ3n) is 21.8. The van der Waals surface area contributed by atoms with Crippen molar-refractivity contribution >= 4 is 76.9 Å². The first-order valence-corrected chi connectivity index (χ1v) is 37.4. The number of likely N-dealkylation sites (N-methyl/N-ethyl adjacent to an activating group) is 6. The van der Waals surface area contributed by atoms with Crippen LogP contribution in [0.15, 0.2) is 30.3 Å². The highest BCUT2D eigenvalue weighted by molar-refractivity contribution is 6.00. The minimum absolute atomic E-state index is 0.0497. The van der Waals surface area contributed by atoms with E-state index in [1.807, 2.05) is 51.1 Å². The lowest BCUT2D eigenvalue weighted by molar-refractivity contribution is -0.168. The first-order chi connectivity index (χ1) is 47.7. The molecule has 15 atom stereocenters. The van der Waals surface area contributed by atoms with Crippen LogP contribution in [-0.2, 0) is 73.5 Å². The summed E-state index contributed by atoms with van der Waals surface area (Å²) in [6.07, 6.45) is 1.98. The molecule has 4 aliphatic rings. The molecule has 0 aromatic heterocycles. The summed E-state index contributed by atoms with van der Waals surface area (Å²) < 4.78 is 6.07. The summed E-state index contributed by atoms with van der Waals surface area (Å²) in [5, 5.41) is 8.91. The van der Waals surface area contributed by atoms with E-state index in [1.165, 1.54) is 88.4 Å². The molecule has 4 aliphatic heterocycles. The molecular formula is C76H124N12O14. The van der Waals surface area contributed by atoms with Gasteiger partial charge in [-0.2, -0.15) is 0 Å². The fourth-order valence-corrected chi connectivity index (χ4v) is 15.3. The molecule has 3 N–H and O–H groups in total. The van der Waals surface area contributed by atoms with Crippen LogP contribution in [0.4, 0.5) is 0 Å². The second kappa shape index (κ2) is 37.2. The first kappa shape index (κ1) is 85.0. The number of nitrogens with one attached hydrogen (secondary N) is 3. The van der Waals surface area contributed by atoms with E-state index in [2.05, 4.69) is 16.0 Å². The van der Waals surface area contributed by atoms with Gasteiger partial charge in [0.05, 0.1) is 5.92 Å². The van der Waals surface area contributed by atoms with Crippen molar-refractivity contribution < 1.29 is 67.1 Å². The summed E-state index contributed by atoms with van der Waals surface area (Å²) in [6, 6.07) is -4.14. The van der Waals surface area contributed by atoms with Crippen LogP contribution < -0.4 is 16.0 Å². The van der Waals surface area contributed by atoms with Gasteiger partial charge in [-0.25, -0.2) is 0 Å². The highest BCUT2D eigenvalue weighted by atomic mass is 16.5. The van der Waals surface area contributed by atoms with Crippen molar-refractivity contribution in [3.8, 4) is 0 Å². The Morgan fingerprint density at radius 3 is 1.26 bits per heavy atom. The molecule has 102 heavy (non-hydrogen) atoms. The molecule has 4 heterocycles. The Labute approximate surface area is 607 Å². The minimum Gasteiger partial charge on any atom is -0.452 e. The molecule has 26 heteroatoms. The number of cyclic esters (lactones) is 1. The van der Waals surface area contributed by atoms with Crippen molar-refractivity contribution in [2.24, 2.45) is 47.3 Å². The molecule has 0 bridgehead atoms. The van der Waals surface area contributed by atoms with Gasteiger partial charge in [-0.05, 0) is 106 Å². The summed E-state index contributed by atoms with van der Waals surface area (Å²) >= 11 is 0. The Kier molecular flexibility index (Phi) is 31.0. The molecule has 1 aromatic rings. The Balaban J connectivity index is 1.61. The number of carbonyl (C=O) groups excluding carboxylic acids is 13. The molecule has 0 saturated carbocycles. The quantitative estimate of drug-likeness (QED) is 0.233. The number of esters is 1. The Hall–Kier alpha value is -7.67. The fourth-order valence-electron chi connectivity index (χ4n) is 15.3. The second-order valence-corrected chi connectivity index (χ2v) is 31.3. The second-order valence-electron chi connectivity index (χ2n) is 31.3. The van der Waals surface area contributed by atoms with Gasteiger partial charge in [0.15, 0.2) is 6.10 Å². The van der Waals surface area contributed by atoms with Crippen molar-refractivity contribution in [1.82, 2.24) is 60.0 Å². The summed E-state index contributed by atoms with van der Waals surface area (Å²) in [4.78, 5) is 207. The number of ether oxygens (including phenoxy) is 1. The highest BCUT2D eigenvalue weighted by Crippen LogP contribution is 2.32. The maximum Gasteiger partial charge on any atom is 0.311 e. The summed E-state index contributed by atoms with van der Waals surface area (Å²) in [5.41, 5.74) is 0.724. The SMILES string of the molecule is CCC[C@H]1NC(=O)[C@H](Cc2ccccc2)N(C)C(=O)[C@@H]2CCCN2C(=O)[C@H](C(C)C)N(C)C(=O)[C@@H]2CCCN2C(=O)[C@H]([C@@H](C)CC)NC(=O)[C@H](C(C)C)N(C)C(=O)[C@@H]2CCCN2C(=O)[C@H](C(C)C)N(C)C(=O)[C@H](C(C)C)N(C)C(=O)[C@H](C(C)C)NC(=O)[C@H](C)N(C)C(=O)[C@@H](C(C)C)OC(=O)[C@@H]1C. The van der Waals surface area contributed by atoms with Crippen LogP contribution in [0.25, 0.3) is 0 Å². The minimum atomic E-state index is -1.41. The molecule has 0 unspecified atom stereocenters. The van der Waals surface area contributed by atoms with Gasteiger partial charge in [0.1, 0.15) is 66.5 Å². The van der Waals surface area contributed by atoms with E-state index >= 15 is 38.4 Å². The zero-order chi connectivity index (χ0) is 77.0. The maximum atomic E-state index is 15.3. The lowest BCUT2D eigenvalue weighted by Gasteiger charge is -2.41. The molecule has 5 rings (SSSR count). The number of fused-ring (bicyclic) bond motifs is 3. The average Bonchev–Trinajstić information content (AvgIpc) is 1.24. The zero-order valence-corrected chi connectivity index (χ0v) is 65.4. The van der Waals surface area contributed by atoms with E-state index in [1.54, 1.807) is 90.0 Å². The van der Waals surface area contributed by atoms with E-state index in [0.717, 1.165) is 10.5 Å². The van der Waals surface area contributed by atoms with Gasteiger partial charge >= 0.3 is 5.97 Å². The van der Waals surface area contributed by atoms with Gasteiger partial charge in [0.25, 0.3) is 5.91 Å². The maximum absolute atomic E-state index is 15.3. The van der Waals surface area contributed by atoms with Crippen molar-refractivity contribution in [1.29, 1.82) is 0 Å². The van der Waals surface area contributed by atoms with Crippen molar-refractivity contribution in [3.63, 3.8) is 0 Å². The number of carbonyl (C=O) groups is 13. The molecule has 572 valence electrons. The third kappa shape index (κ3) is 19.4. The van der Waals surface area contributed by atoms with E-state index in [9.17, 15) is 24.0 Å². The first-order valence-electron chi connectivity index (χ1n) is 37.4. The van der Waals surface area contributed by atoms with E-state index in [-0.39, 0.29) is 51.7 Å². The zero-order valence-electron chi connectivity index (χ0n) is 65.4. The largest absolute Gasteiger partial charge is 0.452 e. The number of hydrogen-bond acceptors (Lipinski definition) is 14. The van der Waals surface area contributed by atoms with Crippen LogP contribution in [0, 0.1) is 47.3 Å². The van der Waals surface area contributed by atoms with E-state index in [0.29, 0.717) is 32.1 Å². The smallest absolute Gasteiger partial charge is 0.311 e. The van der Waals surface area contributed by atoms with Gasteiger partial charge in [0, 0.05) is 74.4 Å². The standard InChI is InChI=1S/C76H124N12O14/c1-24-32-52-49(16)76(101)102-63(47(13)14)75(100)80(18)50(17)64(89)78-57(42(3)4)70(95)84(22)60(44(7)8)72(97)85(23)62(46(11)12)74(99)88-40-31-37-55(88)68(93)82(20)59(43(5)6)66(91)79-58(48(15)25-2)71(96)86-38-29-36-54(86)69(94)83(21)61(45(9)10)73(98)87-39-30-35-53(87)67(92)81(19)56(65(90)77-52)41-51-33-27-26-28-34-51/h26-28,33-34,42-50,52-63H,24-25,29-32,35-41H2,1-23H3,(H,77,90)(H,78,89)(H,79,91)/t48-,49+,50-,52+,53-,54-,55-,56-,57-,58-,59-,60-,61-,62-,63+/m0/s1. The molecule has 0 spiro atoms. The average molecular weight is 1430 g/mol. The number of nitrogens with zero attached hydrogens (tertiary/aromatic N) is 9. The normalized spacial score (nSPS) is 29.4. The molecule has 26 nitrogen and oxygen atoms in total. The lowest BCUT2D eigenvalue weighted by atomic mass is 9.94. The molecule has 1 aromatic carbocycles. The van der Waals surface area contributed by atoms with Crippen LogP contribution in [0.5, 0.6) is 0 Å². The van der Waals surface area contributed by atoms with E-state index in [4.69, 9.17) is 4.74 Å². The third-order valence-corrected chi connectivity index (χ3v) is 21.8. The van der Waals surface area contributed by atoms with Gasteiger partial charge in [0.2, 0.25) is 65.0 Å². The van der Waals surface area contributed by atoms with Crippen LogP contribution in [0.3, 0.4) is 0 Å². The number of rotatable bonds is 12. The Bertz CT molecular complexity index is 3140.